The van der Waals surface area contributed by atoms with Gasteiger partial charge in [0, 0.05) is 10.2 Å². The Kier molecular flexibility index (Phi) is 3.88. The van der Waals surface area contributed by atoms with Gasteiger partial charge in [0.2, 0.25) is 0 Å². The molecule has 1 aromatic carbocycles. The lowest BCUT2D eigenvalue weighted by Crippen LogP contribution is -2.08. The molecule has 76 valence electrons. The van der Waals surface area contributed by atoms with Crippen molar-refractivity contribution in [2.45, 2.75) is 0 Å². The van der Waals surface area contributed by atoms with Crippen molar-refractivity contribution in [1.82, 2.24) is 0 Å². The Morgan fingerprint density at radius 1 is 1.57 bits per heavy atom. The van der Waals surface area contributed by atoms with Gasteiger partial charge in [-0.25, -0.2) is 9.18 Å². The van der Waals surface area contributed by atoms with E-state index in [4.69, 9.17) is 5.73 Å². The number of nitrogen functional groups attached to an aromatic ring is 1. The van der Waals surface area contributed by atoms with Crippen LogP contribution in [0.25, 0.3) is 0 Å². The number of hydrogen-bond donors (Lipinski definition) is 1. The smallest absolute Gasteiger partial charge is 0.339 e. The van der Waals surface area contributed by atoms with Crippen molar-refractivity contribution >= 4 is 27.6 Å². The molecule has 0 atom stereocenters. The number of ether oxygens (including phenoxy) is 1. The lowest BCUT2D eigenvalue weighted by Gasteiger charge is -2.05. The van der Waals surface area contributed by atoms with Crippen molar-refractivity contribution in [3.63, 3.8) is 0 Å². The quantitative estimate of drug-likeness (QED) is 0.670. The molecule has 0 heterocycles. The van der Waals surface area contributed by atoms with E-state index in [1.807, 2.05) is 0 Å². The van der Waals surface area contributed by atoms with E-state index in [1.165, 1.54) is 6.07 Å². The molecule has 0 bridgehead atoms. The fraction of sp³-hybridized carbons (Fsp3) is 0.222. The number of rotatable bonds is 3. The van der Waals surface area contributed by atoms with Crippen LogP contribution in [0, 0.1) is 0 Å². The second kappa shape index (κ2) is 4.95. The summed E-state index contributed by atoms with van der Waals surface area (Å²) in [6, 6.07) is 4.77. The van der Waals surface area contributed by atoms with Crippen LogP contribution in [0.15, 0.2) is 22.7 Å². The normalized spacial score (nSPS) is 9.86. The maximum absolute atomic E-state index is 11.7. The molecule has 2 N–H and O–H groups in total. The van der Waals surface area contributed by atoms with Crippen molar-refractivity contribution in [3.05, 3.63) is 28.2 Å². The van der Waals surface area contributed by atoms with Crippen LogP contribution in [0.1, 0.15) is 10.4 Å². The topological polar surface area (TPSA) is 52.3 Å². The molecule has 1 rings (SSSR count). The second-order valence-corrected chi connectivity index (χ2v) is 3.42. The maximum atomic E-state index is 11.7. The first-order valence-corrected chi connectivity index (χ1v) is 4.72. The van der Waals surface area contributed by atoms with Gasteiger partial charge in [-0.15, -0.1) is 0 Å². The lowest BCUT2D eigenvalue weighted by atomic mass is 10.2. The van der Waals surface area contributed by atoms with Gasteiger partial charge in [0.15, 0.2) is 0 Å². The number of anilines is 1. The van der Waals surface area contributed by atoms with Crippen molar-refractivity contribution in [3.8, 4) is 0 Å². The summed E-state index contributed by atoms with van der Waals surface area (Å²) in [4.78, 5) is 11.3. The summed E-state index contributed by atoms with van der Waals surface area (Å²) in [5, 5.41) is 0. The minimum Gasteiger partial charge on any atom is -0.459 e. The van der Waals surface area contributed by atoms with Crippen LogP contribution in [0.5, 0.6) is 0 Å². The molecule has 0 aliphatic carbocycles. The highest BCUT2D eigenvalue weighted by Crippen LogP contribution is 2.20. The number of nitrogens with two attached hydrogens (primary N) is 1. The molecular formula is C9H9BrFNO2. The first-order valence-electron chi connectivity index (χ1n) is 3.93. The van der Waals surface area contributed by atoms with E-state index < -0.39 is 12.6 Å². The fourth-order valence-electron chi connectivity index (χ4n) is 0.908. The molecule has 0 radical (unpaired) electrons. The largest absolute Gasteiger partial charge is 0.459 e. The van der Waals surface area contributed by atoms with Crippen molar-refractivity contribution in [1.29, 1.82) is 0 Å². The summed E-state index contributed by atoms with van der Waals surface area (Å²) >= 11 is 3.17. The van der Waals surface area contributed by atoms with E-state index in [0.29, 0.717) is 15.7 Å². The first kappa shape index (κ1) is 11.0. The fourth-order valence-corrected chi connectivity index (χ4v) is 1.32. The summed E-state index contributed by atoms with van der Waals surface area (Å²) in [6.07, 6.45) is 0. The molecule has 14 heavy (non-hydrogen) atoms. The van der Waals surface area contributed by atoms with E-state index in [9.17, 15) is 9.18 Å². The van der Waals surface area contributed by atoms with Crippen LogP contribution in [0.4, 0.5) is 10.1 Å². The molecule has 0 saturated carbocycles. The minimum absolute atomic E-state index is 0.236. The van der Waals surface area contributed by atoms with E-state index >= 15 is 0 Å². The summed E-state index contributed by atoms with van der Waals surface area (Å²) in [5.41, 5.74) is 6.25. The number of esters is 1. The zero-order valence-corrected chi connectivity index (χ0v) is 8.88. The van der Waals surface area contributed by atoms with Crippen LogP contribution in [0.2, 0.25) is 0 Å². The summed E-state index contributed by atoms with van der Waals surface area (Å²) in [7, 11) is 0. The number of alkyl halides is 1. The Bertz CT molecular complexity index is 344. The van der Waals surface area contributed by atoms with Crippen molar-refractivity contribution < 1.29 is 13.9 Å². The minimum atomic E-state index is -0.689. The first-order chi connectivity index (χ1) is 6.65. The standard InChI is InChI=1S/C9H9BrFNO2/c10-8-2-1-6(12)5-7(8)9(13)14-4-3-11/h1-2,5H,3-4,12H2. The van der Waals surface area contributed by atoms with Crippen LogP contribution < -0.4 is 5.73 Å². The van der Waals surface area contributed by atoms with Gasteiger partial charge in [-0.1, -0.05) is 0 Å². The highest BCUT2D eigenvalue weighted by Gasteiger charge is 2.11. The molecule has 0 amide bonds. The SMILES string of the molecule is Nc1ccc(Br)c(C(=O)OCCF)c1. The monoisotopic (exact) mass is 261 g/mol. The van der Waals surface area contributed by atoms with Crippen molar-refractivity contribution in [2.24, 2.45) is 0 Å². The Hall–Kier alpha value is -1.10. The average Bonchev–Trinajstić information content (AvgIpc) is 2.18. The second-order valence-electron chi connectivity index (χ2n) is 2.56. The van der Waals surface area contributed by atoms with Gasteiger partial charge in [-0.2, -0.15) is 0 Å². The summed E-state index contributed by atoms with van der Waals surface area (Å²) in [5.74, 6) is -0.582. The number of carbonyl (C=O) groups excluding carboxylic acids is 1. The average molecular weight is 262 g/mol. The molecule has 0 unspecified atom stereocenters. The van der Waals surface area contributed by atoms with E-state index in [1.54, 1.807) is 12.1 Å². The third-order valence-electron chi connectivity index (χ3n) is 1.52. The van der Waals surface area contributed by atoms with E-state index in [-0.39, 0.29) is 6.61 Å². The zero-order chi connectivity index (χ0) is 10.6. The van der Waals surface area contributed by atoms with Gasteiger partial charge in [0.05, 0.1) is 5.56 Å². The third-order valence-corrected chi connectivity index (χ3v) is 2.21. The summed E-state index contributed by atoms with van der Waals surface area (Å²) in [6.45, 7) is -0.925. The lowest BCUT2D eigenvalue weighted by molar-refractivity contribution is 0.0480. The Labute approximate surface area is 89.2 Å². The summed E-state index contributed by atoms with van der Waals surface area (Å²) < 4.78 is 16.9. The Morgan fingerprint density at radius 3 is 2.93 bits per heavy atom. The number of halogens is 2. The third kappa shape index (κ3) is 2.70. The van der Waals surface area contributed by atoms with Gasteiger partial charge in [0.25, 0.3) is 0 Å². The van der Waals surface area contributed by atoms with Gasteiger partial charge < -0.3 is 10.5 Å². The molecule has 5 heteroatoms. The van der Waals surface area contributed by atoms with E-state index in [2.05, 4.69) is 20.7 Å². The number of hydrogen-bond acceptors (Lipinski definition) is 3. The van der Waals surface area contributed by atoms with Gasteiger partial charge in [-0.3, -0.25) is 0 Å². The zero-order valence-electron chi connectivity index (χ0n) is 7.30. The number of carbonyl (C=O) groups is 1. The maximum Gasteiger partial charge on any atom is 0.339 e. The molecule has 1 aromatic rings. The van der Waals surface area contributed by atoms with E-state index in [0.717, 1.165) is 0 Å². The van der Waals surface area contributed by atoms with Gasteiger partial charge in [0.1, 0.15) is 13.3 Å². The molecule has 0 saturated heterocycles. The predicted molar refractivity (Wildman–Crippen MR) is 54.8 cm³/mol. The van der Waals surface area contributed by atoms with Crippen LogP contribution >= 0.6 is 15.9 Å². The van der Waals surface area contributed by atoms with Gasteiger partial charge >= 0.3 is 5.97 Å². The van der Waals surface area contributed by atoms with Gasteiger partial charge in [-0.05, 0) is 34.1 Å². The van der Waals surface area contributed by atoms with Crippen LogP contribution in [0.3, 0.4) is 0 Å². The predicted octanol–water partition coefficient (Wildman–Crippen LogP) is 2.16. The Balaban J connectivity index is 2.83. The Morgan fingerprint density at radius 2 is 2.29 bits per heavy atom. The molecule has 0 spiro atoms. The number of benzene rings is 1. The molecule has 3 nitrogen and oxygen atoms in total. The molecule has 0 aliphatic heterocycles. The molecule has 0 fully saturated rings. The highest BCUT2D eigenvalue weighted by molar-refractivity contribution is 9.10. The van der Waals surface area contributed by atoms with Crippen LogP contribution in [-0.2, 0) is 4.74 Å². The molecule has 0 aromatic heterocycles. The van der Waals surface area contributed by atoms with Crippen molar-refractivity contribution in [2.75, 3.05) is 19.0 Å². The molecular weight excluding hydrogens is 253 g/mol. The van der Waals surface area contributed by atoms with Crippen LogP contribution in [-0.4, -0.2) is 19.3 Å². The molecule has 0 aliphatic rings. The highest BCUT2D eigenvalue weighted by atomic mass is 79.9.